The molecule has 10 heteroatoms. The topological polar surface area (TPSA) is 134 Å². The van der Waals surface area contributed by atoms with Crippen molar-refractivity contribution >= 4 is 15.0 Å². The number of carbonyl (C=O) groups excluding carboxylic acids is 1. The van der Waals surface area contributed by atoms with Crippen LogP contribution in [0.25, 0.3) is 0 Å². The normalized spacial score (nSPS) is 14.4. The largest absolute Gasteiger partial charge is 1.00 e. The van der Waals surface area contributed by atoms with Gasteiger partial charge in [-0.05, 0) is 0 Å². The first-order chi connectivity index (χ1) is 7.95. The molecular formula is C8H19NNaO7P. The van der Waals surface area contributed by atoms with Gasteiger partial charge in [0.1, 0.15) is 0 Å². The van der Waals surface area contributed by atoms with E-state index in [1.54, 1.807) is 0 Å². The molecule has 0 aliphatic heterocycles. The number of hydrogen-bond acceptors (Lipinski definition) is 7. The molecule has 8 nitrogen and oxygen atoms in total. The summed E-state index contributed by atoms with van der Waals surface area (Å²) in [5, 5.41) is 27.2. The van der Waals surface area contributed by atoms with E-state index in [9.17, 15) is 14.8 Å². The zero-order chi connectivity index (χ0) is 13.8. The fraction of sp³-hybridized carbons (Fsp3) is 0.875. The van der Waals surface area contributed by atoms with Crippen molar-refractivity contribution in [2.75, 3.05) is 13.2 Å². The maximum absolute atomic E-state index is 10.1. The van der Waals surface area contributed by atoms with Crippen molar-refractivity contribution in [1.29, 1.82) is 0 Å². The molecule has 0 fully saturated rings. The van der Waals surface area contributed by atoms with Crippen molar-refractivity contribution in [2.24, 2.45) is 0 Å². The summed E-state index contributed by atoms with van der Waals surface area (Å²) in [6.07, 6.45) is -2.37. The number of rotatable bonds is 8. The predicted molar refractivity (Wildman–Crippen MR) is 57.6 cm³/mol. The molecule has 104 valence electrons. The smallest absolute Gasteiger partial charge is 0.786 e. The third-order valence-corrected chi connectivity index (χ3v) is 1.81. The van der Waals surface area contributed by atoms with E-state index in [0.717, 1.165) is 0 Å². The van der Waals surface area contributed by atoms with Gasteiger partial charge in [-0.15, -0.1) is 0 Å². The number of amides is 1. The van der Waals surface area contributed by atoms with Crippen LogP contribution >= 0.6 is 8.60 Å². The van der Waals surface area contributed by atoms with Crippen LogP contribution in [0.5, 0.6) is 0 Å². The van der Waals surface area contributed by atoms with Gasteiger partial charge in [-0.3, -0.25) is 10.0 Å². The first kappa shape index (κ1) is 23.7. The fourth-order valence-corrected chi connectivity index (χ4v) is 1.16. The van der Waals surface area contributed by atoms with Crippen molar-refractivity contribution in [3.63, 3.8) is 0 Å². The zero-order valence-electron chi connectivity index (χ0n) is 10.8. The van der Waals surface area contributed by atoms with E-state index in [4.69, 9.17) is 15.2 Å². The number of aliphatic hydroxyl groups excluding tert-OH is 2. The van der Waals surface area contributed by atoms with E-state index in [2.05, 4.69) is 4.52 Å². The van der Waals surface area contributed by atoms with Gasteiger partial charge in [0, 0.05) is 6.42 Å². The summed E-state index contributed by atoms with van der Waals surface area (Å²) in [6, 6.07) is 0. The number of hydrogen-bond donors (Lipinski definition) is 4. The van der Waals surface area contributed by atoms with E-state index in [1.165, 1.54) is 0 Å². The van der Waals surface area contributed by atoms with Gasteiger partial charge in [-0.2, -0.15) is 0 Å². The number of aliphatic hydroxyl groups is 2. The Bertz CT molecular complexity index is 189. The Morgan fingerprint density at radius 1 is 1.39 bits per heavy atom. The predicted octanol–water partition coefficient (Wildman–Crippen LogP) is -4.43. The molecule has 0 aliphatic rings. The molecule has 4 N–H and O–H groups in total. The third-order valence-electron chi connectivity index (χ3n) is 1.44. The molecular weight excluding hydrogens is 276 g/mol. The Morgan fingerprint density at radius 2 is 1.89 bits per heavy atom. The molecule has 0 aromatic heterocycles. The third kappa shape index (κ3) is 16.7. The fourth-order valence-electron chi connectivity index (χ4n) is 0.865. The van der Waals surface area contributed by atoms with Crippen LogP contribution in [0.4, 0.5) is 0 Å². The Labute approximate surface area is 129 Å². The van der Waals surface area contributed by atoms with E-state index in [1.807, 2.05) is 13.8 Å². The molecule has 3 atom stereocenters. The monoisotopic (exact) mass is 295 g/mol. The molecule has 1 amide bonds. The quantitative estimate of drug-likeness (QED) is 0.117. The average Bonchev–Trinajstić information content (AvgIpc) is 2.28. The zero-order valence-corrected chi connectivity index (χ0v) is 13.7. The van der Waals surface area contributed by atoms with Crippen molar-refractivity contribution in [3.05, 3.63) is 0 Å². The summed E-state index contributed by atoms with van der Waals surface area (Å²) in [4.78, 5) is 28.3. The van der Waals surface area contributed by atoms with Crippen LogP contribution in [-0.2, 0) is 9.32 Å². The minimum atomic E-state index is -2.79. The first-order valence-electron chi connectivity index (χ1n) is 5.01. The van der Waals surface area contributed by atoms with Crippen LogP contribution in [0.1, 0.15) is 20.3 Å². The summed E-state index contributed by atoms with van der Waals surface area (Å²) in [5.74, 6) is 0. The van der Waals surface area contributed by atoms with E-state index in [0.29, 0.717) is 0 Å². The average molecular weight is 295 g/mol. The number of nitrogens with zero attached hydrogens (tertiary/aromatic N) is 1. The van der Waals surface area contributed by atoms with Crippen LogP contribution in [0, 0.1) is 0 Å². The van der Waals surface area contributed by atoms with Gasteiger partial charge in [0.15, 0.2) is 0 Å². The Balaban J connectivity index is -0.000000709. The summed E-state index contributed by atoms with van der Waals surface area (Å²) in [5.41, 5.74) is 0. The van der Waals surface area contributed by atoms with Crippen LogP contribution in [0.2, 0.25) is 0 Å². The molecule has 1 unspecified atom stereocenters. The molecule has 0 aromatic carbocycles. The van der Waals surface area contributed by atoms with Gasteiger partial charge in [0.25, 0.3) is 0 Å². The van der Waals surface area contributed by atoms with Gasteiger partial charge < -0.3 is 24.5 Å². The van der Waals surface area contributed by atoms with Crippen LogP contribution in [-0.4, -0.2) is 57.1 Å². The van der Waals surface area contributed by atoms with E-state index in [-0.39, 0.29) is 54.0 Å². The Kier molecular flexibility index (Phi) is 20.7. The van der Waals surface area contributed by atoms with Crippen molar-refractivity contribution < 1.29 is 64.1 Å². The number of carbonyl (C=O) groups is 1. The van der Waals surface area contributed by atoms with Crippen molar-refractivity contribution in [2.45, 2.75) is 32.5 Å². The van der Waals surface area contributed by atoms with Gasteiger partial charge in [-0.25, -0.2) is 5.06 Å². The molecule has 0 bridgehead atoms. The summed E-state index contributed by atoms with van der Waals surface area (Å²) in [7, 11) is -2.79. The van der Waals surface area contributed by atoms with E-state index >= 15 is 0 Å². The molecule has 18 heavy (non-hydrogen) atoms. The Hall–Kier alpha value is 0.660. The second kappa shape index (κ2) is 15.7. The molecule has 0 aromatic rings. The van der Waals surface area contributed by atoms with Crippen molar-refractivity contribution in [1.82, 2.24) is 5.06 Å². The standard InChI is InChI=1S/C6H13NO7P.C2H6.Na/c8-4-7(11)2-5(9)1-6(10)3-14-15(12)13;1-2;/h4-6,9-12H,1-3H2;1-2H3;/q-1;;+1/t5-,6+;;/m1../s1. The summed E-state index contributed by atoms with van der Waals surface area (Å²) in [6.45, 7) is 3.24. The molecule has 0 rings (SSSR count). The van der Waals surface area contributed by atoms with Gasteiger partial charge >= 0.3 is 29.6 Å². The number of hydroxylamine groups is 2. The van der Waals surface area contributed by atoms with Gasteiger partial charge in [-0.1, -0.05) is 13.8 Å². The second-order valence-electron chi connectivity index (χ2n) is 2.80. The molecule has 0 saturated heterocycles. The second-order valence-corrected chi connectivity index (χ2v) is 3.54. The molecule has 0 radical (unpaired) electrons. The Morgan fingerprint density at radius 3 is 2.28 bits per heavy atom. The van der Waals surface area contributed by atoms with Crippen LogP contribution < -0.4 is 34.5 Å². The molecule has 0 spiro atoms. The molecule has 0 saturated carbocycles. The van der Waals surface area contributed by atoms with Crippen LogP contribution in [0.15, 0.2) is 0 Å². The van der Waals surface area contributed by atoms with Crippen molar-refractivity contribution in [3.8, 4) is 0 Å². The maximum Gasteiger partial charge on any atom is 1.00 e. The maximum atomic E-state index is 10.1. The molecule has 0 heterocycles. The van der Waals surface area contributed by atoms with Gasteiger partial charge in [0.2, 0.25) is 6.41 Å². The minimum Gasteiger partial charge on any atom is -0.786 e. The first-order valence-corrected chi connectivity index (χ1v) is 6.14. The summed E-state index contributed by atoms with van der Waals surface area (Å²) >= 11 is 0. The van der Waals surface area contributed by atoms with Gasteiger partial charge in [0.05, 0.1) is 34.0 Å². The molecule has 0 aliphatic carbocycles. The summed E-state index contributed by atoms with van der Waals surface area (Å²) < 4.78 is 4.19. The van der Waals surface area contributed by atoms with Crippen LogP contribution in [0.3, 0.4) is 0 Å². The van der Waals surface area contributed by atoms with E-state index < -0.39 is 27.4 Å². The SMILES string of the molecule is CC.O=CN(O)C[C@H](O)C[C@H](O)COP([O-])O.[Na+]. The minimum absolute atomic E-state index is 0.